The van der Waals surface area contributed by atoms with Gasteiger partial charge < -0.3 is 9.42 Å². The number of rotatable bonds is 4. The van der Waals surface area contributed by atoms with Gasteiger partial charge in [-0.05, 0) is 57.3 Å². The van der Waals surface area contributed by atoms with Crippen molar-refractivity contribution < 1.29 is 9.32 Å². The van der Waals surface area contributed by atoms with E-state index in [-0.39, 0.29) is 11.8 Å². The fourth-order valence-corrected chi connectivity index (χ4v) is 3.49. The first-order chi connectivity index (χ1) is 10.7. The van der Waals surface area contributed by atoms with Crippen molar-refractivity contribution in [3.8, 4) is 0 Å². The molecule has 1 aromatic heterocycles. The molecule has 1 saturated heterocycles. The van der Waals surface area contributed by atoms with Crippen molar-refractivity contribution in [1.82, 2.24) is 15.0 Å². The summed E-state index contributed by atoms with van der Waals surface area (Å²) in [6, 6.07) is 0. The summed E-state index contributed by atoms with van der Waals surface area (Å²) in [7, 11) is 0. The SMILES string of the molecule is Cc1noc([C@H]2CCCN(C(=O)C=C(C3CC3)C3CC3)C2)n1. The third-order valence-electron chi connectivity index (χ3n) is 5.01. The van der Waals surface area contributed by atoms with Crippen LogP contribution in [0.15, 0.2) is 16.2 Å². The Morgan fingerprint density at radius 2 is 1.95 bits per heavy atom. The van der Waals surface area contributed by atoms with Gasteiger partial charge in [0, 0.05) is 19.2 Å². The Bertz CT molecular complexity index is 585. The third-order valence-corrected chi connectivity index (χ3v) is 5.01. The van der Waals surface area contributed by atoms with E-state index in [1.807, 2.05) is 17.9 Å². The normalized spacial score (nSPS) is 25.1. The molecular formula is C17H23N3O2. The van der Waals surface area contributed by atoms with Gasteiger partial charge in [-0.15, -0.1) is 0 Å². The average Bonchev–Trinajstić information content (AvgIpc) is 3.44. The molecule has 0 radical (unpaired) electrons. The molecule has 3 fully saturated rings. The Kier molecular flexibility index (Phi) is 3.51. The first-order valence-electron chi connectivity index (χ1n) is 8.51. The molecule has 0 bridgehead atoms. The zero-order valence-electron chi connectivity index (χ0n) is 13.1. The van der Waals surface area contributed by atoms with Crippen LogP contribution in [0, 0.1) is 18.8 Å². The summed E-state index contributed by atoms with van der Waals surface area (Å²) in [6.45, 7) is 3.39. The first kappa shape index (κ1) is 14.0. The van der Waals surface area contributed by atoms with Crippen molar-refractivity contribution in [1.29, 1.82) is 0 Å². The molecule has 5 nitrogen and oxygen atoms in total. The summed E-state index contributed by atoms with van der Waals surface area (Å²) >= 11 is 0. The smallest absolute Gasteiger partial charge is 0.246 e. The molecule has 0 N–H and O–H groups in total. The van der Waals surface area contributed by atoms with E-state index < -0.39 is 0 Å². The van der Waals surface area contributed by atoms with Crippen molar-refractivity contribution in [3.05, 3.63) is 23.4 Å². The Morgan fingerprint density at radius 1 is 1.23 bits per heavy atom. The summed E-state index contributed by atoms with van der Waals surface area (Å²) in [4.78, 5) is 18.9. The van der Waals surface area contributed by atoms with E-state index in [1.165, 1.54) is 31.3 Å². The van der Waals surface area contributed by atoms with Gasteiger partial charge in [-0.2, -0.15) is 4.98 Å². The minimum absolute atomic E-state index is 0.190. The van der Waals surface area contributed by atoms with Crippen molar-refractivity contribution in [2.24, 2.45) is 11.8 Å². The van der Waals surface area contributed by atoms with Gasteiger partial charge in [0.1, 0.15) is 0 Å². The monoisotopic (exact) mass is 301 g/mol. The minimum atomic E-state index is 0.190. The summed E-state index contributed by atoms with van der Waals surface area (Å²) in [6.07, 6.45) is 9.09. The van der Waals surface area contributed by atoms with Crippen molar-refractivity contribution in [3.63, 3.8) is 0 Å². The molecular weight excluding hydrogens is 278 g/mol. The predicted octanol–water partition coefficient (Wildman–Crippen LogP) is 2.83. The number of carbonyl (C=O) groups is 1. The molecule has 1 amide bonds. The maximum atomic E-state index is 12.6. The van der Waals surface area contributed by atoms with Crippen LogP contribution in [0.25, 0.3) is 0 Å². The van der Waals surface area contributed by atoms with E-state index >= 15 is 0 Å². The van der Waals surface area contributed by atoms with Crippen LogP contribution in [0.1, 0.15) is 56.2 Å². The standard InChI is InChI=1S/C17H23N3O2/c1-11-18-17(22-19-11)14-3-2-8-20(10-14)16(21)9-15(12-4-5-12)13-6-7-13/h9,12-14H,2-8,10H2,1H3/t14-/m0/s1. The van der Waals surface area contributed by atoms with Crippen LogP contribution < -0.4 is 0 Å². The molecule has 1 aliphatic heterocycles. The molecule has 5 heteroatoms. The van der Waals surface area contributed by atoms with Crippen LogP contribution in [-0.2, 0) is 4.79 Å². The lowest BCUT2D eigenvalue weighted by Gasteiger charge is -2.30. The molecule has 0 spiro atoms. The van der Waals surface area contributed by atoms with Crippen molar-refractivity contribution in [2.45, 2.75) is 51.4 Å². The highest BCUT2D eigenvalue weighted by Gasteiger charge is 2.37. The highest BCUT2D eigenvalue weighted by Crippen LogP contribution is 2.48. The lowest BCUT2D eigenvalue weighted by atomic mass is 9.97. The van der Waals surface area contributed by atoms with Gasteiger partial charge in [0.25, 0.3) is 0 Å². The Labute approximate surface area is 130 Å². The molecule has 2 heterocycles. The number of aryl methyl sites for hydroxylation is 1. The van der Waals surface area contributed by atoms with Crippen LogP contribution >= 0.6 is 0 Å². The largest absolute Gasteiger partial charge is 0.339 e. The van der Waals surface area contributed by atoms with Crippen LogP contribution in [0.5, 0.6) is 0 Å². The third kappa shape index (κ3) is 2.94. The fraction of sp³-hybridized carbons (Fsp3) is 0.706. The number of hydrogen-bond acceptors (Lipinski definition) is 4. The summed E-state index contributed by atoms with van der Waals surface area (Å²) in [5, 5.41) is 3.87. The summed E-state index contributed by atoms with van der Waals surface area (Å²) in [5.74, 6) is 3.14. The first-order valence-corrected chi connectivity index (χ1v) is 8.51. The van der Waals surface area contributed by atoms with E-state index in [4.69, 9.17) is 4.52 Å². The highest BCUT2D eigenvalue weighted by atomic mass is 16.5. The summed E-state index contributed by atoms with van der Waals surface area (Å²) in [5.41, 5.74) is 1.43. The van der Waals surface area contributed by atoms with Crippen LogP contribution in [0.4, 0.5) is 0 Å². The van der Waals surface area contributed by atoms with Crippen LogP contribution in [0.2, 0.25) is 0 Å². The zero-order chi connectivity index (χ0) is 15.1. The van der Waals surface area contributed by atoms with Gasteiger partial charge in [-0.3, -0.25) is 4.79 Å². The minimum Gasteiger partial charge on any atom is -0.339 e. The molecule has 1 atom stereocenters. The van der Waals surface area contributed by atoms with Crippen LogP contribution in [-0.4, -0.2) is 34.0 Å². The van der Waals surface area contributed by atoms with Crippen molar-refractivity contribution in [2.75, 3.05) is 13.1 Å². The van der Waals surface area contributed by atoms with Crippen LogP contribution in [0.3, 0.4) is 0 Å². The lowest BCUT2D eigenvalue weighted by molar-refractivity contribution is -0.127. The quantitative estimate of drug-likeness (QED) is 0.802. The number of likely N-dealkylation sites (tertiary alicyclic amines) is 1. The average molecular weight is 301 g/mol. The van der Waals surface area contributed by atoms with Gasteiger partial charge >= 0.3 is 0 Å². The molecule has 2 saturated carbocycles. The maximum absolute atomic E-state index is 12.6. The Morgan fingerprint density at radius 3 is 2.55 bits per heavy atom. The maximum Gasteiger partial charge on any atom is 0.246 e. The summed E-state index contributed by atoms with van der Waals surface area (Å²) < 4.78 is 5.29. The molecule has 2 aliphatic carbocycles. The Balaban J connectivity index is 1.45. The fourth-order valence-electron chi connectivity index (χ4n) is 3.49. The second-order valence-corrected chi connectivity index (χ2v) is 7.00. The molecule has 0 aromatic carbocycles. The number of piperidine rings is 1. The predicted molar refractivity (Wildman–Crippen MR) is 81.1 cm³/mol. The van der Waals surface area contributed by atoms with E-state index in [9.17, 15) is 4.79 Å². The molecule has 1 aromatic rings. The van der Waals surface area contributed by atoms with Gasteiger partial charge in [0.2, 0.25) is 11.8 Å². The second-order valence-electron chi connectivity index (χ2n) is 7.00. The molecule has 3 aliphatic rings. The Hall–Kier alpha value is -1.65. The van der Waals surface area contributed by atoms with E-state index in [1.54, 1.807) is 0 Å². The number of amides is 1. The zero-order valence-corrected chi connectivity index (χ0v) is 13.1. The molecule has 22 heavy (non-hydrogen) atoms. The molecule has 118 valence electrons. The van der Waals surface area contributed by atoms with E-state index in [0.717, 1.165) is 19.4 Å². The second kappa shape index (κ2) is 5.52. The number of allylic oxidation sites excluding steroid dienone is 1. The number of aromatic nitrogens is 2. The topological polar surface area (TPSA) is 59.2 Å². The number of nitrogens with zero attached hydrogens (tertiary/aromatic N) is 3. The van der Waals surface area contributed by atoms with Gasteiger partial charge in [0.15, 0.2) is 5.82 Å². The lowest BCUT2D eigenvalue weighted by Crippen LogP contribution is -2.38. The van der Waals surface area contributed by atoms with Crippen molar-refractivity contribution >= 4 is 5.91 Å². The number of hydrogen-bond donors (Lipinski definition) is 0. The molecule has 0 unspecified atom stereocenters. The van der Waals surface area contributed by atoms with E-state index in [2.05, 4.69) is 10.1 Å². The number of carbonyl (C=O) groups excluding carboxylic acids is 1. The highest BCUT2D eigenvalue weighted by molar-refractivity contribution is 5.88. The molecule has 4 rings (SSSR count). The van der Waals surface area contributed by atoms with E-state index in [0.29, 0.717) is 30.1 Å². The van der Waals surface area contributed by atoms with Gasteiger partial charge in [-0.1, -0.05) is 10.7 Å². The van der Waals surface area contributed by atoms with Gasteiger partial charge in [0.05, 0.1) is 5.92 Å². The van der Waals surface area contributed by atoms with Gasteiger partial charge in [-0.25, -0.2) is 0 Å².